The zero-order valence-corrected chi connectivity index (χ0v) is 16.8. The number of hydrogen-bond donors (Lipinski definition) is 3. The molecule has 2 unspecified atom stereocenters. The molecule has 1 fully saturated rings. The Hall–Kier alpha value is -2.19. The van der Waals surface area contributed by atoms with Gasteiger partial charge in [-0.05, 0) is 23.6 Å². The van der Waals surface area contributed by atoms with Gasteiger partial charge in [0.05, 0.1) is 32.0 Å². The fourth-order valence-electron chi connectivity index (χ4n) is 3.91. The number of halogens is 1. The third-order valence-electron chi connectivity index (χ3n) is 5.28. The molecule has 0 amide bonds. The molecule has 154 valence electrons. The third-order valence-corrected chi connectivity index (χ3v) is 6.39. The maximum absolute atomic E-state index is 14.9. The molecule has 0 saturated carbocycles. The third kappa shape index (κ3) is 3.96. The minimum absolute atomic E-state index is 0.00114. The number of fused-ring (bicyclic) bond motifs is 1. The molecule has 1 aliphatic rings. The molecule has 4 rings (SSSR count). The summed E-state index contributed by atoms with van der Waals surface area (Å²) in [4.78, 5) is 1.04. The predicted molar refractivity (Wildman–Crippen MR) is 109 cm³/mol. The van der Waals surface area contributed by atoms with Crippen LogP contribution in [0.1, 0.15) is 34.9 Å². The summed E-state index contributed by atoms with van der Waals surface area (Å²) in [5.74, 6) is -1.39. The number of benzene rings is 2. The van der Waals surface area contributed by atoms with Gasteiger partial charge >= 0.3 is 0 Å². The van der Waals surface area contributed by atoms with E-state index in [0.717, 1.165) is 15.0 Å². The molecule has 3 aromatic rings. The van der Waals surface area contributed by atoms with Gasteiger partial charge in [-0.2, -0.15) is 4.39 Å². The molecular formula is C22H23FO5S. The van der Waals surface area contributed by atoms with E-state index in [1.54, 1.807) is 17.4 Å². The number of aromatic hydroxyl groups is 1. The predicted octanol–water partition coefficient (Wildman–Crippen LogP) is 3.92. The second kappa shape index (κ2) is 8.28. The first-order valence-corrected chi connectivity index (χ1v) is 10.3. The fraction of sp³-hybridized carbons (Fsp3) is 0.364. The quantitative estimate of drug-likeness (QED) is 0.585. The zero-order chi connectivity index (χ0) is 20.5. The molecule has 2 aromatic carbocycles. The summed E-state index contributed by atoms with van der Waals surface area (Å²) in [6, 6.07) is 11.8. The van der Waals surface area contributed by atoms with E-state index in [4.69, 9.17) is 9.47 Å². The lowest BCUT2D eigenvalue weighted by atomic mass is 9.93. The Bertz CT molecular complexity index is 985. The lowest BCUT2D eigenvalue weighted by molar-refractivity contribution is -0.114. The molecule has 1 aliphatic heterocycles. The van der Waals surface area contributed by atoms with Crippen LogP contribution in [-0.4, -0.2) is 41.2 Å². The van der Waals surface area contributed by atoms with Crippen LogP contribution >= 0.6 is 11.3 Å². The Kier molecular flexibility index (Phi) is 5.74. The summed E-state index contributed by atoms with van der Waals surface area (Å²) in [6.07, 6.45) is -0.997. The van der Waals surface area contributed by atoms with Gasteiger partial charge in [-0.15, -0.1) is 11.3 Å². The van der Waals surface area contributed by atoms with E-state index in [1.807, 2.05) is 24.3 Å². The Labute approximate surface area is 171 Å². The molecule has 0 aliphatic carbocycles. The minimum Gasteiger partial charge on any atom is -0.504 e. The van der Waals surface area contributed by atoms with Gasteiger partial charge in [-0.1, -0.05) is 18.2 Å². The topological polar surface area (TPSA) is 79.2 Å². The van der Waals surface area contributed by atoms with E-state index >= 15 is 0 Å². The number of phenolic OH excluding ortho intramolecular Hbond substituents is 1. The molecule has 3 N–H and O–H groups in total. The van der Waals surface area contributed by atoms with Crippen molar-refractivity contribution in [3.63, 3.8) is 0 Å². The van der Waals surface area contributed by atoms with Gasteiger partial charge in [0.2, 0.25) is 5.82 Å². The first-order chi connectivity index (χ1) is 14.0. The monoisotopic (exact) mass is 418 g/mol. The molecule has 2 heterocycles. The van der Waals surface area contributed by atoms with E-state index in [9.17, 15) is 19.7 Å². The van der Waals surface area contributed by atoms with Crippen molar-refractivity contribution < 1.29 is 29.2 Å². The van der Waals surface area contributed by atoms with Crippen LogP contribution in [-0.2, 0) is 11.2 Å². The number of aliphatic hydroxyl groups excluding tert-OH is 2. The summed E-state index contributed by atoms with van der Waals surface area (Å²) in [5.41, 5.74) is 0.852. The molecule has 0 spiro atoms. The zero-order valence-electron chi connectivity index (χ0n) is 16.0. The standard InChI is InChI=1S/C22H23FO5S/c1-27-22-13(7-16-6-12-4-2-3-5-19(12)29-16)8-17(21(26)20(22)23)18-10-14(25)9-15(11-24)28-18/h2-6,8,14-15,18,24-26H,7,9-11H2,1H3/t14?,15?,18-/m1/s1. The van der Waals surface area contributed by atoms with Gasteiger partial charge < -0.3 is 24.8 Å². The number of ether oxygens (including phenoxy) is 2. The first-order valence-electron chi connectivity index (χ1n) is 9.50. The molecule has 0 bridgehead atoms. The molecule has 29 heavy (non-hydrogen) atoms. The fourth-order valence-corrected chi connectivity index (χ4v) is 5.00. The highest BCUT2D eigenvalue weighted by atomic mass is 32.1. The smallest absolute Gasteiger partial charge is 0.207 e. The lowest BCUT2D eigenvalue weighted by Crippen LogP contribution is -2.33. The van der Waals surface area contributed by atoms with Gasteiger partial charge in [0, 0.05) is 40.0 Å². The van der Waals surface area contributed by atoms with Crippen molar-refractivity contribution in [3.8, 4) is 11.5 Å². The van der Waals surface area contributed by atoms with Gasteiger partial charge in [-0.25, -0.2) is 0 Å². The maximum atomic E-state index is 14.9. The van der Waals surface area contributed by atoms with Crippen molar-refractivity contribution in [2.75, 3.05) is 13.7 Å². The van der Waals surface area contributed by atoms with Gasteiger partial charge in [0.1, 0.15) is 0 Å². The van der Waals surface area contributed by atoms with Crippen molar-refractivity contribution in [3.05, 3.63) is 58.2 Å². The highest BCUT2D eigenvalue weighted by molar-refractivity contribution is 7.19. The highest BCUT2D eigenvalue weighted by Crippen LogP contribution is 2.42. The summed E-state index contributed by atoms with van der Waals surface area (Å²) >= 11 is 1.62. The summed E-state index contributed by atoms with van der Waals surface area (Å²) in [6.45, 7) is -0.248. The van der Waals surface area contributed by atoms with Gasteiger partial charge in [-0.3, -0.25) is 0 Å². The first kappa shape index (κ1) is 20.1. The number of hydrogen-bond acceptors (Lipinski definition) is 6. The Morgan fingerprint density at radius 3 is 2.76 bits per heavy atom. The van der Waals surface area contributed by atoms with Crippen molar-refractivity contribution in [2.45, 2.75) is 37.6 Å². The lowest BCUT2D eigenvalue weighted by Gasteiger charge is -2.33. The van der Waals surface area contributed by atoms with Gasteiger partial charge in [0.25, 0.3) is 0 Å². The van der Waals surface area contributed by atoms with Crippen LogP contribution in [0, 0.1) is 5.82 Å². The summed E-state index contributed by atoms with van der Waals surface area (Å²) < 4.78 is 27.1. The maximum Gasteiger partial charge on any atom is 0.207 e. The average Bonchev–Trinajstić information content (AvgIpc) is 3.12. The van der Waals surface area contributed by atoms with E-state index in [0.29, 0.717) is 18.4 Å². The van der Waals surface area contributed by atoms with Crippen LogP contribution in [0.4, 0.5) is 4.39 Å². The van der Waals surface area contributed by atoms with Crippen LogP contribution in [0.2, 0.25) is 0 Å². The average molecular weight is 418 g/mol. The largest absolute Gasteiger partial charge is 0.504 e. The van der Waals surface area contributed by atoms with Crippen LogP contribution < -0.4 is 4.74 Å². The molecule has 3 atom stereocenters. The second-order valence-electron chi connectivity index (χ2n) is 7.30. The number of thiophene rings is 1. The van der Waals surface area contributed by atoms with Crippen LogP contribution in [0.3, 0.4) is 0 Å². The second-order valence-corrected chi connectivity index (χ2v) is 8.47. The van der Waals surface area contributed by atoms with E-state index in [1.165, 1.54) is 7.11 Å². The molecule has 5 nitrogen and oxygen atoms in total. The van der Waals surface area contributed by atoms with Crippen LogP contribution in [0.5, 0.6) is 11.5 Å². The highest BCUT2D eigenvalue weighted by Gasteiger charge is 2.33. The van der Waals surface area contributed by atoms with E-state index < -0.39 is 29.9 Å². The number of phenols is 1. The van der Waals surface area contributed by atoms with Crippen LogP contribution in [0.25, 0.3) is 10.1 Å². The van der Waals surface area contributed by atoms with Crippen molar-refractivity contribution in [1.82, 2.24) is 0 Å². The number of aliphatic hydroxyl groups is 2. The Morgan fingerprint density at radius 2 is 2.03 bits per heavy atom. The van der Waals surface area contributed by atoms with Gasteiger partial charge in [0.15, 0.2) is 11.5 Å². The SMILES string of the molecule is COc1c(Cc2cc3ccccc3s2)cc([C@H]2CC(O)CC(CO)O2)c(O)c1F. The molecular weight excluding hydrogens is 395 g/mol. The minimum atomic E-state index is -0.842. The summed E-state index contributed by atoms with van der Waals surface area (Å²) in [5, 5.41) is 31.1. The molecule has 0 radical (unpaired) electrons. The molecule has 7 heteroatoms. The summed E-state index contributed by atoms with van der Waals surface area (Å²) in [7, 11) is 1.37. The normalized spacial score (nSPS) is 22.1. The number of methoxy groups -OCH3 is 1. The van der Waals surface area contributed by atoms with E-state index in [-0.39, 0.29) is 24.3 Å². The van der Waals surface area contributed by atoms with Crippen molar-refractivity contribution in [1.29, 1.82) is 0 Å². The van der Waals surface area contributed by atoms with Crippen molar-refractivity contribution >= 4 is 21.4 Å². The Morgan fingerprint density at radius 1 is 1.24 bits per heavy atom. The molecule has 1 saturated heterocycles. The van der Waals surface area contributed by atoms with Crippen molar-refractivity contribution in [2.24, 2.45) is 0 Å². The molecule has 1 aromatic heterocycles. The Balaban J connectivity index is 1.73. The van der Waals surface area contributed by atoms with E-state index in [2.05, 4.69) is 6.07 Å². The van der Waals surface area contributed by atoms with Crippen LogP contribution in [0.15, 0.2) is 36.4 Å². The number of rotatable bonds is 5.